The summed E-state index contributed by atoms with van der Waals surface area (Å²) in [6.45, 7) is 4.14. The average molecular weight is 662 g/mol. The molecule has 5 nitrogen and oxygen atoms in total. The summed E-state index contributed by atoms with van der Waals surface area (Å²) in [6, 6.07) is -0.815. The topological polar surface area (TPSA) is 89.8 Å². The van der Waals surface area contributed by atoms with Crippen LogP contribution in [0.3, 0.4) is 0 Å². The number of aliphatic hydroxyl groups excluding tert-OH is 3. The Morgan fingerprint density at radius 3 is 1.32 bits per heavy atom. The first-order valence-electron chi connectivity index (χ1n) is 20.3. The summed E-state index contributed by atoms with van der Waals surface area (Å²) >= 11 is 0. The van der Waals surface area contributed by atoms with Gasteiger partial charge in [0.15, 0.2) is 0 Å². The summed E-state index contributed by atoms with van der Waals surface area (Å²) in [5, 5.41) is 33.0. The van der Waals surface area contributed by atoms with Gasteiger partial charge in [-0.1, -0.05) is 179 Å². The first kappa shape index (κ1) is 45.6. The van der Waals surface area contributed by atoms with Gasteiger partial charge in [-0.05, 0) is 57.8 Å². The van der Waals surface area contributed by atoms with E-state index in [1.165, 1.54) is 135 Å². The van der Waals surface area contributed by atoms with Crippen molar-refractivity contribution >= 4 is 5.91 Å². The molecule has 47 heavy (non-hydrogen) atoms. The number of carbonyl (C=O) groups is 1. The van der Waals surface area contributed by atoms with Gasteiger partial charge in [-0.15, -0.1) is 0 Å². The summed E-state index contributed by atoms with van der Waals surface area (Å²) in [5.41, 5.74) is 0. The standard InChI is InChI=1S/C42H79NO4/c1-3-5-7-9-11-13-15-17-19-20-21-22-23-25-26-28-30-32-34-36-40(45)39(38-44)43-42(47)41(46)37-35-33-31-29-27-24-18-16-14-12-10-8-6-4-2/h14,16,26,28,34,36,39-41,44-46H,3-13,15,17-25,27,29-33,35,37-38H2,1-2H3,(H,43,47)/b16-14-,28-26+,36-34+. The molecule has 0 aromatic rings. The monoisotopic (exact) mass is 662 g/mol. The molecule has 0 spiro atoms. The third-order valence-corrected chi connectivity index (χ3v) is 9.20. The zero-order chi connectivity index (χ0) is 34.5. The highest BCUT2D eigenvalue weighted by Gasteiger charge is 2.22. The SMILES string of the molecule is CCCCCC/C=C\CCCCCCCCC(O)C(=O)NC(CO)C(O)/C=C/CC/C=C/CCCCCCCCCCCCCCC. The molecule has 276 valence electrons. The quantitative estimate of drug-likeness (QED) is 0.0397. The van der Waals surface area contributed by atoms with Crippen LogP contribution in [0, 0.1) is 0 Å². The van der Waals surface area contributed by atoms with E-state index in [0.29, 0.717) is 6.42 Å². The van der Waals surface area contributed by atoms with E-state index in [4.69, 9.17) is 0 Å². The lowest BCUT2D eigenvalue weighted by Crippen LogP contribution is -2.48. The molecule has 0 fully saturated rings. The van der Waals surface area contributed by atoms with E-state index >= 15 is 0 Å². The smallest absolute Gasteiger partial charge is 0.249 e. The Morgan fingerprint density at radius 2 is 0.872 bits per heavy atom. The molecule has 3 atom stereocenters. The molecule has 0 aromatic heterocycles. The minimum atomic E-state index is -1.11. The predicted octanol–water partition coefficient (Wildman–Crippen LogP) is 11.2. The highest BCUT2D eigenvalue weighted by Crippen LogP contribution is 2.14. The van der Waals surface area contributed by atoms with Gasteiger partial charge >= 0.3 is 0 Å². The van der Waals surface area contributed by atoms with Crippen molar-refractivity contribution in [3.8, 4) is 0 Å². The van der Waals surface area contributed by atoms with E-state index in [2.05, 4.69) is 43.5 Å². The van der Waals surface area contributed by atoms with Gasteiger partial charge in [-0.25, -0.2) is 0 Å². The van der Waals surface area contributed by atoms with Crippen LogP contribution in [0.4, 0.5) is 0 Å². The zero-order valence-corrected chi connectivity index (χ0v) is 31.2. The lowest BCUT2D eigenvalue weighted by Gasteiger charge is -2.21. The molecule has 0 radical (unpaired) electrons. The highest BCUT2D eigenvalue weighted by molar-refractivity contribution is 5.80. The van der Waals surface area contributed by atoms with Gasteiger partial charge in [0.2, 0.25) is 5.91 Å². The van der Waals surface area contributed by atoms with Crippen LogP contribution >= 0.6 is 0 Å². The number of rotatable bonds is 36. The van der Waals surface area contributed by atoms with Gasteiger partial charge in [0.05, 0.1) is 18.8 Å². The molecule has 0 aromatic carbocycles. The molecule has 4 N–H and O–H groups in total. The number of hydrogen-bond donors (Lipinski definition) is 4. The van der Waals surface area contributed by atoms with E-state index in [9.17, 15) is 20.1 Å². The Kier molecular flexibility index (Phi) is 36.3. The van der Waals surface area contributed by atoms with Crippen molar-refractivity contribution in [2.24, 2.45) is 0 Å². The molecule has 3 unspecified atom stereocenters. The first-order chi connectivity index (χ1) is 23.1. The van der Waals surface area contributed by atoms with Crippen LogP contribution in [0.2, 0.25) is 0 Å². The minimum Gasteiger partial charge on any atom is -0.394 e. The third-order valence-electron chi connectivity index (χ3n) is 9.20. The molecular weight excluding hydrogens is 582 g/mol. The molecule has 0 saturated heterocycles. The van der Waals surface area contributed by atoms with Crippen molar-refractivity contribution in [2.75, 3.05) is 6.61 Å². The second kappa shape index (κ2) is 37.4. The van der Waals surface area contributed by atoms with Crippen LogP contribution in [0.5, 0.6) is 0 Å². The second-order valence-corrected chi connectivity index (χ2v) is 13.8. The molecule has 0 heterocycles. The van der Waals surface area contributed by atoms with Gasteiger partial charge in [0.1, 0.15) is 6.10 Å². The van der Waals surface area contributed by atoms with E-state index in [1.54, 1.807) is 6.08 Å². The molecule has 0 bridgehead atoms. The molecule has 0 rings (SSSR count). The summed E-state index contributed by atoms with van der Waals surface area (Å²) < 4.78 is 0. The van der Waals surface area contributed by atoms with Gasteiger partial charge in [0, 0.05) is 0 Å². The van der Waals surface area contributed by atoms with Crippen LogP contribution in [-0.2, 0) is 4.79 Å². The van der Waals surface area contributed by atoms with Gasteiger partial charge < -0.3 is 20.6 Å². The summed E-state index contributed by atoms with van der Waals surface area (Å²) in [4.78, 5) is 12.4. The van der Waals surface area contributed by atoms with Gasteiger partial charge in [-0.2, -0.15) is 0 Å². The Bertz CT molecular complexity index is 734. The van der Waals surface area contributed by atoms with Crippen molar-refractivity contribution in [1.29, 1.82) is 0 Å². The fourth-order valence-electron chi connectivity index (χ4n) is 5.96. The Hall–Kier alpha value is -1.43. The maximum Gasteiger partial charge on any atom is 0.249 e. The van der Waals surface area contributed by atoms with Crippen molar-refractivity contribution < 1.29 is 20.1 Å². The van der Waals surface area contributed by atoms with Crippen molar-refractivity contribution in [3.05, 3.63) is 36.5 Å². The fourth-order valence-corrected chi connectivity index (χ4v) is 5.96. The number of amides is 1. The van der Waals surface area contributed by atoms with E-state index in [-0.39, 0.29) is 6.61 Å². The number of unbranched alkanes of at least 4 members (excludes halogenated alkanes) is 24. The maximum absolute atomic E-state index is 12.4. The normalized spacial score (nSPS) is 14.1. The number of aliphatic hydroxyl groups is 3. The van der Waals surface area contributed by atoms with Crippen LogP contribution in [0.1, 0.15) is 200 Å². The van der Waals surface area contributed by atoms with Crippen LogP contribution < -0.4 is 5.32 Å². The molecule has 0 saturated carbocycles. The van der Waals surface area contributed by atoms with Crippen LogP contribution in [-0.4, -0.2) is 46.1 Å². The maximum atomic E-state index is 12.4. The van der Waals surface area contributed by atoms with E-state index in [0.717, 1.165) is 44.9 Å². The largest absolute Gasteiger partial charge is 0.394 e. The van der Waals surface area contributed by atoms with Crippen molar-refractivity contribution in [2.45, 2.75) is 218 Å². The Morgan fingerprint density at radius 1 is 0.511 bits per heavy atom. The average Bonchev–Trinajstić information content (AvgIpc) is 3.07. The molecular formula is C42H79NO4. The third kappa shape index (κ3) is 32.9. The van der Waals surface area contributed by atoms with E-state index in [1.807, 2.05) is 6.08 Å². The highest BCUT2D eigenvalue weighted by atomic mass is 16.3. The lowest BCUT2D eigenvalue weighted by atomic mass is 10.0. The van der Waals surface area contributed by atoms with Gasteiger partial charge in [0.25, 0.3) is 0 Å². The summed E-state index contributed by atoms with van der Waals surface area (Å²) in [7, 11) is 0. The molecule has 5 heteroatoms. The number of allylic oxidation sites excluding steroid dienone is 5. The van der Waals surface area contributed by atoms with E-state index < -0.39 is 24.2 Å². The lowest BCUT2D eigenvalue weighted by molar-refractivity contribution is -0.131. The number of nitrogens with one attached hydrogen (secondary N) is 1. The van der Waals surface area contributed by atoms with Gasteiger partial charge in [-0.3, -0.25) is 4.79 Å². The number of carbonyl (C=O) groups excluding carboxylic acids is 1. The first-order valence-corrected chi connectivity index (χ1v) is 20.3. The minimum absolute atomic E-state index is 0.378. The molecule has 1 amide bonds. The summed E-state index contributed by atoms with van der Waals surface area (Å²) in [6.07, 6.45) is 45.9. The summed E-state index contributed by atoms with van der Waals surface area (Å²) in [5.74, 6) is -0.519. The van der Waals surface area contributed by atoms with Crippen LogP contribution in [0.15, 0.2) is 36.5 Å². The molecule has 0 aliphatic heterocycles. The second-order valence-electron chi connectivity index (χ2n) is 13.8. The molecule has 0 aliphatic rings. The predicted molar refractivity (Wildman–Crippen MR) is 204 cm³/mol. The number of hydrogen-bond acceptors (Lipinski definition) is 4. The molecule has 0 aliphatic carbocycles. The Labute approximate surface area is 292 Å². The van der Waals surface area contributed by atoms with Crippen molar-refractivity contribution in [1.82, 2.24) is 5.32 Å². The fraction of sp³-hybridized carbons (Fsp3) is 0.833. The van der Waals surface area contributed by atoms with Crippen LogP contribution in [0.25, 0.3) is 0 Å². The Balaban J connectivity index is 3.76. The van der Waals surface area contributed by atoms with Crippen molar-refractivity contribution in [3.63, 3.8) is 0 Å². The zero-order valence-electron chi connectivity index (χ0n) is 31.2.